The maximum Gasteiger partial charge on any atom is 0.311 e. The van der Waals surface area contributed by atoms with Gasteiger partial charge in [0.05, 0.1) is 5.41 Å². The monoisotopic (exact) mass is 255 g/mol. The van der Waals surface area contributed by atoms with Gasteiger partial charge in [-0.05, 0) is 25.2 Å². The van der Waals surface area contributed by atoms with Gasteiger partial charge in [0.2, 0.25) is 5.91 Å². The average molecular weight is 255 g/mol. The highest BCUT2D eigenvalue weighted by Crippen LogP contribution is 2.34. The first-order valence-corrected chi connectivity index (χ1v) is 6.96. The summed E-state index contributed by atoms with van der Waals surface area (Å²) in [4.78, 5) is 25.3. The molecule has 1 saturated heterocycles. The van der Waals surface area contributed by atoms with Crippen LogP contribution in [0.1, 0.15) is 52.9 Å². The van der Waals surface area contributed by atoms with Crippen molar-refractivity contribution in [3.05, 3.63) is 0 Å². The van der Waals surface area contributed by atoms with Crippen molar-refractivity contribution in [2.24, 2.45) is 11.3 Å². The molecule has 1 N–H and O–H groups in total. The van der Waals surface area contributed by atoms with Gasteiger partial charge in [-0.3, -0.25) is 9.59 Å². The van der Waals surface area contributed by atoms with Crippen molar-refractivity contribution in [2.45, 2.75) is 52.9 Å². The zero-order valence-electron chi connectivity index (χ0n) is 11.7. The molecule has 0 aromatic heterocycles. The van der Waals surface area contributed by atoms with E-state index in [4.69, 9.17) is 0 Å². The van der Waals surface area contributed by atoms with E-state index in [1.165, 1.54) is 0 Å². The largest absolute Gasteiger partial charge is 0.481 e. The summed E-state index contributed by atoms with van der Waals surface area (Å²) >= 11 is 0. The van der Waals surface area contributed by atoms with Crippen molar-refractivity contribution >= 4 is 11.9 Å². The number of nitrogens with zero attached hydrogens (tertiary/aromatic N) is 1. The van der Waals surface area contributed by atoms with Gasteiger partial charge in [-0.1, -0.05) is 27.2 Å². The molecular formula is C14H25NO3. The number of aliphatic carboxylic acids is 1. The van der Waals surface area contributed by atoms with Crippen LogP contribution in [0.4, 0.5) is 0 Å². The molecule has 4 heteroatoms. The number of amides is 1. The molecular weight excluding hydrogens is 230 g/mol. The van der Waals surface area contributed by atoms with Gasteiger partial charge < -0.3 is 10.0 Å². The van der Waals surface area contributed by atoms with E-state index in [2.05, 4.69) is 13.8 Å². The van der Waals surface area contributed by atoms with Crippen molar-refractivity contribution in [3.63, 3.8) is 0 Å². The maximum absolute atomic E-state index is 12.1. The molecule has 2 atom stereocenters. The lowest BCUT2D eigenvalue weighted by Gasteiger charge is -2.39. The maximum atomic E-state index is 12.1. The predicted octanol–water partition coefficient (Wildman–Crippen LogP) is 2.53. The van der Waals surface area contributed by atoms with E-state index in [0.717, 1.165) is 12.8 Å². The van der Waals surface area contributed by atoms with Crippen molar-refractivity contribution in [3.8, 4) is 0 Å². The first-order chi connectivity index (χ1) is 8.45. The fraction of sp³-hybridized carbons (Fsp3) is 0.857. The summed E-state index contributed by atoms with van der Waals surface area (Å²) in [6, 6.07) is 0. The lowest BCUT2D eigenvalue weighted by molar-refractivity contribution is -0.155. The number of piperidine rings is 1. The highest BCUT2D eigenvalue weighted by atomic mass is 16.4. The van der Waals surface area contributed by atoms with Crippen LogP contribution in [0.25, 0.3) is 0 Å². The molecule has 0 aromatic rings. The Balaban J connectivity index is 2.68. The Labute approximate surface area is 109 Å². The number of carbonyl (C=O) groups excluding carboxylic acids is 1. The van der Waals surface area contributed by atoms with Crippen LogP contribution in [-0.2, 0) is 9.59 Å². The third-order valence-corrected chi connectivity index (χ3v) is 4.28. The molecule has 2 unspecified atom stereocenters. The highest BCUT2D eigenvalue weighted by Gasteiger charge is 2.41. The third-order valence-electron chi connectivity index (χ3n) is 4.28. The lowest BCUT2D eigenvalue weighted by Crippen LogP contribution is -2.49. The Kier molecular flexibility index (Phi) is 5.17. The van der Waals surface area contributed by atoms with Gasteiger partial charge in [0.15, 0.2) is 0 Å². The van der Waals surface area contributed by atoms with Crippen LogP contribution in [0.3, 0.4) is 0 Å². The van der Waals surface area contributed by atoms with Gasteiger partial charge in [-0.25, -0.2) is 0 Å². The van der Waals surface area contributed by atoms with Crippen molar-refractivity contribution in [1.29, 1.82) is 0 Å². The molecule has 1 fully saturated rings. The molecule has 1 heterocycles. The lowest BCUT2D eigenvalue weighted by atomic mass is 9.77. The van der Waals surface area contributed by atoms with E-state index in [0.29, 0.717) is 38.3 Å². The Morgan fingerprint density at radius 1 is 1.39 bits per heavy atom. The highest BCUT2D eigenvalue weighted by molar-refractivity contribution is 5.79. The molecule has 104 valence electrons. The Bertz CT molecular complexity index is 316. The van der Waals surface area contributed by atoms with Crippen molar-refractivity contribution in [1.82, 2.24) is 4.90 Å². The summed E-state index contributed by atoms with van der Waals surface area (Å²) < 4.78 is 0. The molecule has 0 aliphatic carbocycles. The number of hydrogen-bond acceptors (Lipinski definition) is 2. The quantitative estimate of drug-likeness (QED) is 0.821. The molecule has 18 heavy (non-hydrogen) atoms. The van der Waals surface area contributed by atoms with Crippen LogP contribution < -0.4 is 0 Å². The minimum Gasteiger partial charge on any atom is -0.481 e. The summed E-state index contributed by atoms with van der Waals surface area (Å²) in [5.41, 5.74) is -0.719. The zero-order valence-corrected chi connectivity index (χ0v) is 11.7. The van der Waals surface area contributed by atoms with E-state index < -0.39 is 11.4 Å². The molecule has 1 aliphatic heterocycles. The van der Waals surface area contributed by atoms with Gasteiger partial charge >= 0.3 is 5.97 Å². The van der Waals surface area contributed by atoms with Crippen LogP contribution in [0, 0.1) is 11.3 Å². The standard InChI is InChI=1S/C14H25NO3/c1-4-11(3)9-12(16)15-8-6-7-14(5-2,10-15)13(17)18/h11H,4-10H2,1-3H3,(H,17,18). The SMILES string of the molecule is CCC(C)CC(=O)N1CCCC(CC)(C(=O)O)C1. The molecule has 0 radical (unpaired) electrons. The van der Waals surface area contributed by atoms with Crippen molar-refractivity contribution in [2.75, 3.05) is 13.1 Å². The van der Waals surface area contributed by atoms with Gasteiger partial charge in [0, 0.05) is 19.5 Å². The summed E-state index contributed by atoms with van der Waals surface area (Å²) in [7, 11) is 0. The Morgan fingerprint density at radius 3 is 2.56 bits per heavy atom. The minimum atomic E-state index is -0.758. The first-order valence-electron chi connectivity index (χ1n) is 6.96. The molecule has 0 saturated carbocycles. The van der Waals surface area contributed by atoms with E-state index in [-0.39, 0.29) is 5.91 Å². The van der Waals surface area contributed by atoms with Crippen LogP contribution in [0.2, 0.25) is 0 Å². The number of carbonyl (C=O) groups is 2. The van der Waals surface area contributed by atoms with E-state index in [1.807, 2.05) is 6.92 Å². The topological polar surface area (TPSA) is 57.6 Å². The summed E-state index contributed by atoms with van der Waals surface area (Å²) in [6.45, 7) is 7.13. The van der Waals surface area contributed by atoms with Gasteiger partial charge in [0.25, 0.3) is 0 Å². The second-order valence-corrected chi connectivity index (χ2v) is 5.58. The molecule has 1 rings (SSSR count). The number of carboxylic acid groups (broad SMARTS) is 1. The third kappa shape index (κ3) is 3.24. The number of likely N-dealkylation sites (tertiary alicyclic amines) is 1. The van der Waals surface area contributed by atoms with E-state index in [1.54, 1.807) is 4.90 Å². The Hall–Kier alpha value is -1.06. The van der Waals surface area contributed by atoms with Gasteiger partial charge in [-0.2, -0.15) is 0 Å². The van der Waals surface area contributed by atoms with Crippen LogP contribution in [0.5, 0.6) is 0 Å². The second kappa shape index (κ2) is 6.21. The molecule has 0 aromatic carbocycles. The summed E-state index contributed by atoms with van der Waals surface area (Å²) in [6.07, 6.45) is 3.60. The first kappa shape index (κ1) is 15.0. The zero-order chi connectivity index (χ0) is 13.8. The van der Waals surface area contributed by atoms with E-state index >= 15 is 0 Å². The summed E-state index contributed by atoms with van der Waals surface area (Å²) in [5.74, 6) is -0.269. The number of rotatable bonds is 5. The fourth-order valence-electron chi connectivity index (χ4n) is 2.53. The van der Waals surface area contributed by atoms with Crippen LogP contribution in [-0.4, -0.2) is 35.0 Å². The number of hydrogen-bond donors (Lipinski definition) is 1. The fourth-order valence-corrected chi connectivity index (χ4v) is 2.53. The second-order valence-electron chi connectivity index (χ2n) is 5.58. The van der Waals surface area contributed by atoms with Crippen LogP contribution >= 0.6 is 0 Å². The molecule has 0 bridgehead atoms. The number of carboxylic acids is 1. The minimum absolute atomic E-state index is 0.114. The van der Waals surface area contributed by atoms with Crippen molar-refractivity contribution < 1.29 is 14.7 Å². The Morgan fingerprint density at radius 2 is 2.06 bits per heavy atom. The molecule has 4 nitrogen and oxygen atoms in total. The smallest absolute Gasteiger partial charge is 0.311 e. The van der Waals surface area contributed by atoms with Gasteiger partial charge in [-0.15, -0.1) is 0 Å². The van der Waals surface area contributed by atoms with E-state index in [9.17, 15) is 14.7 Å². The van der Waals surface area contributed by atoms with Crippen LogP contribution in [0.15, 0.2) is 0 Å². The molecule has 1 aliphatic rings. The van der Waals surface area contributed by atoms with Gasteiger partial charge in [0.1, 0.15) is 0 Å². The average Bonchev–Trinajstić information content (AvgIpc) is 2.38. The molecule has 0 spiro atoms. The predicted molar refractivity (Wildman–Crippen MR) is 70.2 cm³/mol. The normalized spacial score (nSPS) is 25.8. The molecule has 1 amide bonds. The summed E-state index contributed by atoms with van der Waals surface area (Å²) in [5, 5.41) is 9.38.